The van der Waals surface area contributed by atoms with Crippen LogP contribution in [0.1, 0.15) is 35.2 Å². The van der Waals surface area contributed by atoms with Gasteiger partial charge < -0.3 is 16.0 Å². The predicted molar refractivity (Wildman–Crippen MR) is 111 cm³/mol. The van der Waals surface area contributed by atoms with Gasteiger partial charge in [0.25, 0.3) is 5.91 Å². The van der Waals surface area contributed by atoms with Crippen LogP contribution in [-0.4, -0.2) is 35.0 Å². The molecule has 1 atom stereocenters. The fraction of sp³-hybridized carbons (Fsp3) is 0.300. The van der Waals surface area contributed by atoms with Crippen molar-refractivity contribution in [3.8, 4) is 6.07 Å². The van der Waals surface area contributed by atoms with Crippen molar-refractivity contribution in [1.29, 1.82) is 5.26 Å². The number of rotatable bonds is 4. The van der Waals surface area contributed by atoms with Gasteiger partial charge in [0.2, 0.25) is 0 Å². The fourth-order valence-electron chi connectivity index (χ4n) is 3.27. The normalized spacial score (nSPS) is 16.9. The number of carbonyl (C=O) groups is 1. The Labute approximate surface area is 166 Å². The summed E-state index contributed by atoms with van der Waals surface area (Å²) in [7, 11) is 0. The maximum absolute atomic E-state index is 12.8. The topological polar surface area (TPSA) is 103 Å². The van der Waals surface area contributed by atoms with E-state index in [0.717, 1.165) is 19.5 Å². The average molecular weight is 392 g/mol. The zero-order chi connectivity index (χ0) is 19.3. The number of carbonyl (C=O) groups excluding carboxylic acids is 1. The zero-order valence-electron chi connectivity index (χ0n) is 15.2. The number of nitrogens with one attached hydrogen (secondary N) is 3. The molecule has 28 heavy (non-hydrogen) atoms. The molecule has 3 heterocycles. The molecule has 8 heteroatoms. The van der Waals surface area contributed by atoms with Crippen molar-refractivity contribution >= 4 is 39.1 Å². The zero-order valence-corrected chi connectivity index (χ0v) is 16.1. The summed E-state index contributed by atoms with van der Waals surface area (Å²) >= 11 is 1.38. The summed E-state index contributed by atoms with van der Waals surface area (Å²) in [4.78, 5) is 22.6. The van der Waals surface area contributed by atoms with Gasteiger partial charge in [0.05, 0.1) is 23.0 Å². The Morgan fingerprint density at radius 3 is 3.11 bits per heavy atom. The number of fused-ring (bicyclic) bond motifs is 1. The number of nitriles is 1. The first-order valence-electron chi connectivity index (χ1n) is 9.26. The van der Waals surface area contributed by atoms with Crippen LogP contribution in [0.2, 0.25) is 0 Å². The van der Waals surface area contributed by atoms with Crippen LogP contribution >= 0.6 is 11.3 Å². The number of hydrogen-bond acceptors (Lipinski definition) is 7. The van der Waals surface area contributed by atoms with E-state index in [-0.39, 0.29) is 5.91 Å². The molecule has 142 valence electrons. The summed E-state index contributed by atoms with van der Waals surface area (Å²) < 4.78 is 0. The molecule has 1 amide bonds. The van der Waals surface area contributed by atoms with Crippen molar-refractivity contribution in [1.82, 2.24) is 15.3 Å². The van der Waals surface area contributed by atoms with Crippen molar-refractivity contribution in [3.05, 3.63) is 47.0 Å². The van der Waals surface area contributed by atoms with Gasteiger partial charge in [0, 0.05) is 18.0 Å². The van der Waals surface area contributed by atoms with E-state index in [2.05, 4.69) is 32.0 Å². The summed E-state index contributed by atoms with van der Waals surface area (Å²) in [6, 6.07) is 9.31. The molecule has 0 radical (unpaired) electrons. The standard InChI is InChI=1S/C20H20N6OS/c21-9-13-5-1-2-7-16(13)25-19(27)15-12-28-20-18(15)26-17(11-23-20)24-14-6-3-4-8-22-10-14/h1-2,5,7,11-12,14,22H,3-4,6,8,10H2,(H,24,26)(H,25,27)/t14-/m0/s1. The van der Waals surface area contributed by atoms with Crippen LogP contribution in [0.4, 0.5) is 11.5 Å². The van der Waals surface area contributed by atoms with E-state index >= 15 is 0 Å². The van der Waals surface area contributed by atoms with Gasteiger partial charge in [-0.15, -0.1) is 11.3 Å². The van der Waals surface area contributed by atoms with Crippen molar-refractivity contribution < 1.29 is 4.79 Å². The molecule has 1 aromatic carbocycles. The highest BCUT2D eigenvalue weighted by molar-refractivity contribution is 7.17. The Morgan fingerprint density at radius 2 is 2.21 bits per heavy atom. The smallest absolute Gasteiger partial charge is 0.258 e. The van der Waals surface area contributed by atoms with Gasteiger partial charge in [-0.05, 0) is 31.5 Å². The minimum Gasteiger partial charge on any atom is -0.365 e. The monoisotopic (exact) mass is 392 g/mol. The van der Waals surface area contributed by atoms with Gasteiger partial charge in [-0.25, -0.2) is 9.97 Å². The second-order valence-corrected chi connectivity index (χ2v) is 7.57. The van der Waals surface area contributed by atoms with Crippen LogP contribution in [0.5, 0.6) is 0 Å². The number of hydrogen-bond donors (Lipinski definition) is 3. The second-order valence-electron chi connectivity index (χ2n) is 6.71. The number of anilines is 2. The Bertz CT molecular complexity index is 1030. The molecule has 0 bridgehead atoms. The highest BCUT2D eigenvalue weighted by Gasteiger charge is 2.18. The predicted octanol–water partition coefficient (Wildman–Crippen LogP) is 3.37. The first-order valence-corrected chi connectivity index (χ1v) is 10.1. The van der Waals surface area contributed by atoms with Crippen LogP contribution in [0.15, 0.2) is 35.8 Å². The van der Waals surface area contributed by atoms with Gasteiger partial charge in [0.1, 0.15) is 22.2 Å². The van der Waals surface area contributed by atoms with Crippen molar-refractivity contribution in [2.75, 3.05) is 23.7 Å². The molecule has 1 fully saturated rings. The van der Waals surface area contributed by atoms with E-state index in [4.69, 9.17) is 0 Å². The summed E-state index contributed by atoms with van der Waals surface area (Å²) in [6.45, 7) is 1.93. The van der Waals surface area contributed by atoms with Crippen LogP contribution < -0.4 is 16.0 Å². The summed E-state index contributed by atoms with van der Waals surface area (Å²) in [5, 5.41) is 20.6. The Hall–Kier alpha value is -3.02. The molecule has 3 aromatic rings. The molecule has 7 nitrogen and oxygen atoms in total. The van der Waals surface area contributed by atoms with Gasteiger partial charge in [-0.3, -0.25) is 4.79 Å². The molecule has 1 saturated heterocycles. The number of amides is 1. The van der Waals surface area contributed by atoms with E-state index < -0.39 is 0 Å². The number of thiophene rings is 1. The van der Waals surface area contributed by atoms with Gasteiger partial charge >= 0.3 is 0 Å². The molecule has 3 N–H and O–H groups in total. The van der Waals surface area contributed by atoms with E-state index in [9.17, 15) is 10.1 Å². The van der Waals surface area contributed by atoms with Gasteiger partial charge in [-0.1, -0.05) is 18.6 Å². The van der Waals surface area contributed by atoms with Crippen molar-refractivity contribution in [2.24, 2.45) is 0 Å². The van der Waals surface area contributed by atoms with Gasteiger partial charge in [0.15, 0.2) is 0 Å². The van der Waals surface area contributed by atoms with Crippen molar-refractivity contribution in [2.45, 2.75) is 25.3 Å². The van der Waals surface area contributed by atoms with E-state index in [1.54, 1.807) is 35.8 Å². The lowest BCUT2D eigenvalue weighted by atomic mass is 10.1. The Morgan fingerprint density at radius 1 is 1.32 bits per heavy atom. The van der Waals surface area contributed by atoms with E-state index in [0.29, 0.717) is 39.0 Å². The third-order valence-corrected chi connectivity index (χ3v) is 5.60. The first-order chi connectivity index (χ1) is 13.7. The van der Waals surface area contributed by atoms with E-state index in [1.165, 1.54) is 24.2 Å². The summed E-state index contributed by atoms with van der Waals surface area (Å²) in [5.74, 6) is 0.377. The molecule has 0 saturated carbocycles. The van der Waals surface area contributed by atoms with Crippen LogP contribution in [0.3, 0.4) is 0 Å². The van der Waals surface area contributed by atoms with Gasteiger partial charge in [-0.2, -0.15) is 5.26 Å². The number of para-hydroxylation sites is 1. The largest absolute Gasteiger partial charge is 0.365 e. The third-order valence-electron chi connectivity index (χ3n) is 4.72. The Kier molecular flexibility index (Phi) is 5.46. The maximum Gasteiger partial charge on any atom is 0.258 e. The van der Waals surface area contributed by atoms with Crippen LogP contribution in [0.25, 0.3) is 10.3 Å². The molecule has 0 spiro atoms. The van der Waals surface area contributed by atoms with Crippen LogP contribution in [-0.2, 0) is 0 Å². The lowest BCUT2D eigenvalue weighted by Crippen LogP contribution is -2.31. The molecule has 4 rings (SSSR count). The highest BCUT2D eigenvalue weighted by Crippen LogP contribution is 2.25. The average Bonchev–Trinajstić information content (AvgIpc) is 2.97. The van der Waals surface area contributed by atoms with E-state index in [1.807, 2.05) is 0 Å². The third kappa shape index (κ3) is 3.96. The lowest BCUT2D eigenvalue weighted by Gasteiger charge is -2.16. The van der Waals surface area contributed by atoms with Crippen molar-refractivity contribution in [3.63, 3.8) is 0 Å². The summed E-state index contributed by atoms with van der Waals surface area (Å²) in [6.07, 6.45) is 5.15. The lowest BCUT2D eigenvalue weighted by molar-refractivity contribution is 0.102. The highest BCUT2D eigenvalue weighted by atomic mass is 32.1. The Balaban J connectivity index is 1.57. The summed E-state index contributed by atoms with van der Waals surface area (Å²) in [5.41, 5.74) is 1.94. The molecular formula is C20H20N6OS. The molecular weight excluding hydrogens is 372 g/mol. The molecule has 0 aliphatic carbocycles. The SMILES string of the molecule is N#Cc1ccccc1NC(=O)c1csc2ncc(N[C@H]3CCCCNC3)nc12. The second kappa shape index (κ2) is 8.33. The maximum atomic E-state index is 12.8. The molecule has 2 aromatic heterocycles. The molecule has 1 aliphatic rings. The minimum absolute atomic E-state index is 0.295. The number of aromatic nitrogens is 2. The quantitative estimate of drug-likeness (QED) is 0.629. The number of nitrogens with zero attached hydrogens (tertiary/aromatic N) is 3. The number of benzene rings is 1. The fourth-order valence-corrected chi connectivity index (χ4v) is 4.10. The first kappa shape index (κ1) is 18.3. The molecule has 1 aliphatic heterocycles. The van der Waals surface area contributed by atoms with Crippen LogP contribution in [0, 0.1) is 11.3 Å². The molecule has 0 unspecified atom stereocenters. The minimum atomic E-state index is -0.295.